The molecule has 0 aliphatic heterocycles. The summed E-state index contributed by atoms with van der Waals surface area (Å²) in [6, 6.07) is 6.68. The largest absolute Gasteiger partial charge is 0.458 e. The van der Waals surface area contributed by atoms with Gasteiger partial charge in [0, 0.05) is 12.7 Å². The van der Waals surface area contributed by atoms with Crippen LogP contribution in [0.15, 0.2) is 30.3 Å². The van der Waals surface area contributed by atoms with Crippen molar-refractivity contribution in [2.24, 2.45) is 5.92 Å². The monoisotopic (exact) mass is 459 g/mol. The highest BCUT2D eigenvalue weighted by Crippen LogP contribution is 2.43. The lowest BCUT2D eigenvalue weighted by Crippen LogP contribution is -2.54. The van der Waals surface area contributed by atoms with Gasteiger partial charge in [-0.1, -0.05) is 49.6 Å². The van der Waals surface area contributed by atoms with E-state index in [-0.39, 0.29) is 18.0 Å². The van der Waals surface area contributed by atoms with Crippen LogP contribution in [0.1, 0.15) is 58.4 Å². The molecule has 0 heterocycles. The molecule has 1 aromatic rings. The summed E-state index contributed by atoms with van der Waals surface area (Å²) < 4.78 is 58.0. The van der Waals surface area contributed by atoms with Crippen LogP contribution in [0.25, 0.3) is 0 Å². The van der Waals surface area contributed by atoms with E-state index in [0.717, 1.165) is 26.4 Å². The molecule has 1 aliphatic rings. The summed E-state index contributed by atoms with van der Waals surface area (Å²) in [6.07, 6.45) is -2.61. The first-order valence-electron chi connectivity index (χ1n) is 10.8. The number of hydrogen-bond donors (Lipinski definition) is 1. The van der Waals surface area contributed by atoms with Crippen LogP contribution in [-0.4, -0.2) is 43.6 Å². The number of nitrogens with one attached hydrogen (secondary N) is 1. The zero-order valence-corrected chi connectivity index (χ0v) is 19.0. The van der Waals surface area contributed by atoms with Gasteiger partial charge in [0.25, 0.3) is 5.60 Å². The van der Waals surface area contributed by atoms with Crippen LogP contribution in [0, 0.1) is 5.92 Å². The molecule has 0 saturated heterocycles. The lowest BCUT2D eigenvalue weighted by Gasteiger charge is -2.36. The Balaban J connectivity index is 2.28. The smallest absolute Gasteiger partial charge is 0.432 e. The number of esters is 1. The average molecular weight is 460 g/mol. The Morgan fingerprint density at radius 2 is 1.66 bits per heavy atom. The number of rotatable bonds is 7. The summed E-state index contributed by atoms with van der Waals surface area (Å²) in [6.45, 7) is 4.93. The van der Waals surface area contributed by atoms with Crippen molar-refractivity contribution in [2.75, 3.05) is 13.7 Å². The molecule has 1 aromatic carbocycles. The molecule has 1 N–H and O–H groups in total. The lowest BCUT2D eigenvalue weighted by atomic mass is 9.85. The predicted octanol–water partition coefficient (Wildman–Crippen LogP) is 5.11. The van der Waals surface area contributed by atoms with Crippen molar-refractivity contribution >= 4 is 12.1 Å². The molecular formula is C23H32F3NO5. The molecule has 1 amide bonds. The van der Waals surface area contributed by atoms with Gasteiger partial charge in [0.05, 0.1) is 6.54 Å². The van der Waals surface area contributed by atoms with Crippen molar-refractivity contribution in [3.05, 3.63) is 35.9 Å². The molecule has 0 bridgehead atoms. The fourth-order valence-corrected chi connectivity index (χ4v) is 3.92. The number of amides is 1. The first-order valence-corrected chi connectivity index (χ1v) is 10.8. The van der Waals surface area contributed by atoms with Gasteiger partial charge in [-0.15, -0.1) is 0 Å². The zero-order valence-electron chi connectivity index (χ0n) is 19.0. The van der Waals surface area contributed by atoms with Crippen LogP contribution >= 0.6 is 0 Å². The second kappa shape index (κ2) is 10.6. The maximum Gasteiger partial charge on any atom is 0.432 e. The van der Waals surface area contributed by atoms with E-state index in [9.17, 15) is 22.8 Å². The Morgan fingerprint density at radius 1 is 1.06 bits per heavy atom. The van der Waals surface area contributed by atoms with E-state index in [0.29, 0.717) is 12.8 Å². The van der Waals surface area contributed by atoms with Crippen LogP contribution in [0.4, 0.5) is 18.0 Å². The quantitative estimate of drug-likeness (QED) is 0.574. The molecule has 1 saturated carbocycles. The Labute approximate surface area is 186 Å². The minimum absolute atomic E-state index is 0.155. The number of alkyl halides is 3. The summed E-state index contributed by atoms with van der Waals surface area (Å²) in [5, 5.41) is 2.53. The molecule has 0 spiro atoms. The Bertz CT molecular complexity index is 757. The molecule has 0 radical (unpaired) electrons. The number of carbonyl (C=O) groups excluding carboxylic acids is 2. The molecule has 6 nitrogen and oxygen atoms in total. The first kappa shape index (κ1) is 26.0. The van der Waals surface area contributed by atoms with Crippen molar-refractivity contribution in [1.29, 1.82) is 0 Å². The molecule has 0 aromatic heterocycles. The van der Waals surface area contributed by atoms with Crippen molar-refractivity contribution < 1.29 is 37.0 Å². The van der Waals surface area contributed by atoms with E-state index in [1.807, 2.05) is 0 Å². The van der Waals surface area contributed by atoms with E-state index < -0.39 is 35.5 Å². The number of hydrogen-bond acceptors (Lipinski definition) is 5. The molecule has 2 rings (SSSR count). The van der Waals surface area contributed by atoms with Gasteiger partial charge in [0.15, 0.2) is 0 Å². The molecule has 9 heteroatoms. The van der Waals surface area contributed by atoms with Gasteiger partial charge in [-0.2, -0.15) is 13.2 Å². The number of ether oxygens (including phenoxy) is 3. The Morgan fingerprint density at radius 3 is 2.16 bits per heavy atom. The fraction of sp³-hybridized carbons (Fsp3) is 0.652. The second-order valence-corrected chi connectivity index (χ2v) is 8.97. The van der Waals surface area contributed by atoms with E-state index in [1.165, 1.54) is 24.3 Å². The number of halogens is 3. The van der Waals surface area contributed by atoms with Gasteiger partial charge in [-0.25, -0.2) is 9.59 Å². The number of alkyl carbamates (subject to hydrolysis) is 1. The number of carbonyl (C=O) groups is 2. The first-order chi connectivity index (χ1) is 14.9. The SMILES string of the molecule is CO[C@@](C(=O)O[C@@H](CNC(=O)OC(C)(C)C)C1CCCCC1)(c1ccccc1)C(F)(F)F. The number of methoxy groups -OCH3 is 1. The summed E-state index contributed by atoms with van der Waals surface area (Å²) in [5.41, 5.74) is -4.38. The van der Waals surface area contributed by atoms with E-state index in [1.54, 1.807) is 26.8 Å². The highest BCUT2D eigenvalue weighted by Gasteiger charge is 2.64. The third-order valence-electron chi connectivity index (χ3n) is 5.45. The maximum absolute atomic E-state index is 14.2. The van der Waals surface area contributed by atoms with Crippen LogP contribution in [0.2, 0.25) is 0 Å². The Hall–Kier alpha value is -2.29. The van der Waals surface area contributed by atoms with Gasteiger partial charge < -0.3 is 19.5 Å². The second-order valence-electron chi connectivity index (χ2n) is 8.97. The standard InChI is InChI=1S/C23H32F3NO5/c1-21(2,3)32-20(29)27-15-18(16-11-7-5-8-12-16)31-19(28)22(30-4,23(24,25)26)17-13-9-6-10-14-17/h6,9-10,13-14,16,18H,5,7-8,11-12,15H2,1-4H3,(H,27,29)/t18-,22+/m0/s1. The number of benzene rings is 1. The molecule has 0 unspecified atom stereocenters. The van der Waals surface area contributed by atoms with Gasteiger partial charge in [-0.05, 0) is 39.5 Å². The molecule has 180 valence electrons. The highest BCUT2D eigenvalue weighted by molar-refractivity contribution is 5.83. The van der Waals surface area contributed by atoms with Crippen molar-refractivity contribution in [3.8, 4) is 0 Å². The van der Waals surface area contributed by atoms with Gasteiger partial charge in [0.1, 0.15) is 11.7 Å². The average Bonchev–Trinajstić information content (AvgIpc) is 2.71. The molecule has 32 heavy (non-hydrogen) atoms. The van der Waals surface area contributed by atoms with E-state index in [2.05, 4.69) is 5.32 Å². The normalized spacial score (nSPS) is 18.3. The fourth-order valence-electron chi connectivity index (χ4n) is 3.92. The predicted molar refractivity (Wildman–Crippen MR) is 112 cm³/mol. The van der Waals surface area contributed by atoms with Crippen molar-refractivity contribution in [2.45, 2.75) is 76.4 Å². The highest BCUT2D eigenvalue weighted by atomic mass is 19.4. The summed E-state index contributed by atoms with van der Waals surface area (Å²) >= 11 is 0. The zero-order chi connectivity index (χ0) is 24.0. The van der Waals surface area contributed by atoms with Crippen molar-refractivity contribution in [1.82, 2.24) is 5.32 Å². The maximum atomic E-state index is 14.2. The van der Waals surface area contributed by atoms with Gasteiger partial charge in [-0.3, -0.25) is 0 Å². The van der Waals surface area contributed by atoms with Crippen LogP contribution in [-0.2, 0) is 24.6 Å². The topological polar surface area (TPSA) is 73.9 Å². The molecule has 1 aliphatic carbocycles. The van der Waals surface area contributed by atoms with Crippen LogP contribution in [0.3, 0.4) is 0 Å². The van der Waals surface area contributed by atoms with Crippen molar-refractivity contribution in [3.63, 3.8) is 0 Å². The third kappa shape index (κ3) is 6.37. The van der Waals surface area contributed by atoms with Crippen LogP contribution in [0.5, 0.6) is 0 Å². The molecular weight excluding hydrogens is 427 g/mol. The van der Waals surface area contributed by atoms with E-state index in [4.69, 9.17) is 14.2 Å². The minimum Gasteiger partial charge on any atom is -0.458 e. The third-order valence-corrected chi connectivity index (χ3v) is 5.45. The lowest BCUT2D eigenvalue weighted by molar-refractivity contribution is -0.279. The minimum atomic E-state index is -5.06. The molecule has 1 fully saturated rings. The van der Waals surface area contributed by atoms with Gasteiger partial charge in [0.2, 0.25) is 0 Å². The summed E-state index contributed by atoms with van der Waals surface area (Å²) in [7, 11) is 0.830. The summed E-state index contributed by atoms with van der Waals surface area (Å²) in [5.74, 6) is -1.73. The Kier molecular flexibility index (Phi) is 8.56. The van der Waals surface area contributed by atoms with Gasteiger partial charge >= 0.3 is 18.2 Å². The molecule has 2 atom stereocenters. The van der Waals surface area contributed by atoms with E-state index >= 15 is 0 Å². The van der Waals surface area contributed by atoms with Crippen LogP contribution < -0.4 is 5.32 Å². The summed E-state index contributed by atoms with van der Waals surface area (Å²) in [4.78, 5) is 25.1.